The highest BCUT2D eigenvalue weighted by atomic mass is 16.5. The zero-order valence-electron chi connectivity index (χ0n) is 15.5. The Kier molecular flexibility index (Phi) is 3.92. The lowest BCUT2D eigenvalue weighted by atomic mass is 9.77. The number of amides is 1. The Morgan fingerprint density at radius 2 is 1.89 bits per heavy atom. The van der Waals surface area contributed by atoms with Gasteiger partial charge >= 0.3 is 0 Å². The maximum Gasteiger partial charge on any atom is 0.227 e. The summed E-state index contributed by atoms with van der Waals surface area (Å²) in [5, 5.41) is 4.05. The number of hydrogen-bond acceptors (Lipinski definition) is 2. The monoisotopic (exact) mass is 360 g/mol. The van der Waals surface area contributed by atoms with E-state index in [4.69, 9.17) is 4.74 Å². The number of aromatic amines is 1. The van der Waals surface area contributed by atoms with Crippen molar-refractivity contribution in [2.24, 2.45) is 5.92 Å². The quantitative estimate of drug-likeness (QED) is 0.661. The van der Waals surface area contributed by atoms with Crippen molar-refractivity contribution in [1.82, 2.24) is 4.98 Å². The minimum Gasteiger partial charge on any atom is -0.490 e. The highest BCUT2D eigenvalue weighted by molar-refractivity contribution is 6.03. The first-order valence-corrected chi connectivity index (χ1v) is 9.81. The second kappa shape index (κ2) is 6.45. The van der Waals surface area contributed by atoms with Gasteiger partial charge in [-0.1, -0.05) is 29.8 Å². The molecule has 3 aromatic rings. The van der Waals surface area contributed by atoms with Crippen LogP contribution >= 0.6 is 0 Å². The molecule has 4 nitrogen and oxygen atoms in total. The minimum absolute atomic E-state index is 0.127. The van der Waals surface area contributed by atoms with Crippen LogP contribution in [-0.2, 0) is 4.79 Å². The number of ether oxygens (including phenoxy) is 1. The smallest absolute Gasteiger partial charge is 0.227 e. The average Bonchev–Trinajstić information content (AvgIpc) is 3.42. The molecule has 138 valence electrons. The fourth-order valence-corrected chi connectivity index (χ4v) is 3.82. The summed E-state index contributed by atoms with van der Waals surface area (Å²) in [6.07, 6.45) is 6.25. The predicted octanol–water partition coefficient (Wildman–Crippen LogP) is 5.15. The molecule has 2 aliphatic carbocycles. The van der Waals surface area contributed by atoms with Gasteiger partial charge in [0.15, 0.2) is 0 Å². The summed E-state index contributed by atoms with van der Waals surface area (Å²) in [6.45, 7) is 2.12. The molecule has 2 aromatic carbocycles. The van der Waals surface area contributed by atoms with Gasteiger partial charge in [-0.25, -0.2) is 0 Å². The normalized spacial score (nSPS) is 21.7. The van der Waals surface area contributed by atoms with E-state index >= 15 is 0 Å². The van der Waals surface area contributed by atoms with Gasteiger partial charge in [0, 0.05) is 23.0 Å². The Bertz CT molecular complexity index is 979. The summed E-state index contributed by atoms with van der Waals surface area (Å²) in [5.41, 5.74) is 4.57. The molecule has 2 N–H and O–H groups in total. The molecule has 0 atom stereocenters. The summed E-state index contributed by atoms with van der Waals surface area (Å²) in [5.74, 6) is 1.79. The molecule has 0 unspecified atom stereocenters. The average molecular weight is 360 g/mol. The first-order chi connectivity index (χ1) is 13.2. The third-order valence-electron chi connectivity index (χ3n) is 5.81. The van der Waals surface area contributed by atoms with Crippen molar-refractivity contribution in [2.45, 2.75) is 44.6 Å². The lowest BCUT2D eigenvalue weighted by Crippen LogP contribution is -2.32. The summed E-state index contributed by atoms with van der Waals surface area (Å²) < 4.78 is 6.20. The number of benzene rings is 2. The number of hydrogen-bond donors (Lipinski definition) is 2. The van der Waals surface area contributed by atoms with Gasteiger partial charge in [-0.2, -0.15) is 0 Å². The number of nitrogens with one attached hydrogen (secondary N) is 2. The van der Waals surface area contributed by atoms with Gasteiger partial charge < -0.3 is 15.0 Å². The van der Waals surface area contributed by atoms with Crippen LogP contribution in [0.1, 0.15) is 42.7 Å². The molecule has 0 radical (unpaired) electrons. The van der Waals surface area contributed by atoms with Crippen LogP contribution in [0.25, 0.3) is 10.9 Å². The Morgan fingerprint density at radius 3 is 2.63 bits per heavy atom. The van der Waals surface area contributed by atoms with Gasteiger partial charge in [-0.15, -0.1) is 0 Å². The van der Waals surface area contributed by atoms with Crippen LogP contribution in [0.2, 0.25) is 0 Å². The van der Waals surface area contributed by atoms with Gasteiger partial charge in [0.1, 0.15) is 5.75 Å². The molecule has 2 fully saturated rings. The van der Waals surface area contributed by atoms with Crippen LogP contribution in [-0.4, -0.2) is 17.0 Å². The summed E-state index contributed by atoms with van der Waals surface area (Å²) >= 11 is 0. The Hall–Kier alpha value is -2.75. The molecule has 4 heteroatoms. The zero-order valence-corrected chi connectivity index (χ0v) is 15.5. The number of aryl methyl sites for hydroxylation is 1. The van der Waals surface area contributed by atoms with Crippen molar-refractivity contribution in [1.29, 1.82) is 0 Å². The number of anilines is 1. The maximum atomic E-state index is 12.1. The van der Waals surface area contributed by atoms with Crippen molar-refractivity contribution in [2.75, 3.05) is 5.32 Å². The molecule has 0 spiro atoms. The van der Waals surface area contributed by atoms with E-state index in [9.17, 15) is 4.79 Å². The van der Waals surface area contributed by atoms with E-state index in [1.807, 2.05) is 24.4 Å². The van der Waals surface area contributed by atoms with Crippen molar-refractivity contribution in [3.8, 4) is 5.75 Å². The first kappa shape index (κ1) is 16.4. The molecule has 1 heterocycles. The standard InChI is InChI=1S/C23H24N2O2/c1-14-2-4-15(5-3-14)17-10-19(11-17)27-18-8-9-21-20(12-18)22(13-24-21)25-23(26)16-6-7-16/h2-5,8-9,12-13,16-17,19,24H,6-7,10-11H2,1H3,(H,25,26)/t17-,19+. The summed E-state index contributed by atoms with van der Waals surface area (Å²) in [6, 6.07) is 14.9. The number of H-pyrrole nitrogens is 1. The molecular weight excluding hydrogens is 336 g/mol. The predicted molar refractivity (Wildman–Crippen MR) is 107 cm³/mol. The lowest BCUT2D eigenvalue weighted by molar-refractivity contribution is -0.117. The van der Waals surface area contributed by atoms with Crippen LogP contribution in [0.15, 0.2) is 48.7 Å². The van der Waals surface area contributed by atoms with Crippen molar-refractivity contribution in [3.63, 3.8) is 0 Å². The number of fused-ring (bicyclic) bond motifs is 1. The van der Waals surface area contributed by atoms with Crippen LogP contribution in [0.5, 0.6) is 5.75 Å². The van der Waals surface area contributed by atoms with Crippen LogP contribution in [0.3, 0.4) is 0 Å². The van der Waals surface area contributed by atoms with E-state index in [2.05, 4.69) is 41.5 Å². The number of carbonyl (C=O) groups excluding carboxylic acids is 1. The molecule has 27 heavy (non-hydrogen) atoms. The molecule has 0 saturated heterocycles. The van der Waals surface area contributed by atoms with Crippen LogP contribution in [0.4, 0.5) is 5.69 Å². The Labute approximate surface area is 158 Å². The molecular formula is C23H24N2O2. The fraction of sp³-hybridized carbons (Fsp3) is 0.348. The largest absolute Gasteiger partial charge is 0.490 e. The molecule has 5 rings (SSSR count). The Morgan fingerprint density at radius 1 is 1.11 bits per heavy atom. The fourth-order valence-electron chi connectivity index (χ4n) is 3.82. The van der Waals surface area contributed by atoms with E-state index in [1.54, 1.807) is 0 Å². The summed E-state index contributed by atoms with van der Waals surface area (Å²) in [4.78, 5) is 15.3. The highest BCUT2D eigenvalue weighted by Gasteiger charge is 2.32. The highest BCUT2D eigenvalue weighted by Crippen LogP contribution is 2.40. The van der Waals surface area contributed by atoms with E-state index in [0.717, 1.165) is 48.0 Å². The van der Waals surface area contributed by atoms with E-state index in [1.165, 1.54) is 11.1 Å². The van der Waals surface area contributed by atoms with E-state index < -0.39 is 0 Å². The molecule has 1 aromatic heterocycles. The van der Waals surface area contributed by atoms with Gasteiger partial charge in [-0.3, -0.25) is 4.79 Å². The Balaban J connectivity index is 1.25. The molecule has 0 aliphatic heterocycles. The van der Waals surface area contributed by atoms with Gasteiger partial charge in [0.25, 0.3) is 0 Å². The first-order valence-electron chi connectivity index (χ1n) is 9.81. The second-order valence-electron chi connectivity index (χ2n) is 7.99. The van der Waals surface area contributed by atoms with E-state index in [-0.39, 0.29) is 17.9 Å². The topological polar surface area (TPSA) is 54.1 Å². The van der Waals surface area contributed by atoms with Crippen molar-refractivity contribution < 1.29 is 9.53 Å². The third-order valence-corrected chi connectivity index (χ3v) is 5.81. The SMILES string of the molecule is Cc1ccc([C@H]2C[C@@H](Oc3ccc4[nH]cc(NC(=O)C5CC5)c4c3)C2)cc1. The molecule has 0 bridgehead atoms. The minimum atomic E-state index is 0.127. The molecule has 2 saturated carbocycles. The van der Waals surface area contributed by atoms with Gasteiger partial charge in [0.05, 0.1) is 11.8 Å². The number of carbonyl (C=O) groups is 1. The molecule has 1 amide bonds. The summed E-state index contributed by atoms with van der Waals surface area (Å²) in [7, 11) is 0. The van der Waals surface area contributed by atoms with Crippen molar-refractivity contribution >= 4 is 22.5 Å². The number of aromatic nitrogens is 1. The zero-order chi connectivity index (χ0) is 18.4. The van der Waals surface area contributed by atoms with Crippen molar-refractivity contribution in [3.05, 3.63) is 59.8 Å². The number of rotatable bonds is 5. The van der Waals surface area contributed by atoms with Crippen LogP contribution in [0, 0.1) is 12.8 Å². The second-order valence-corrected chi connectivity index (χ2v) is 7.99. The molecule has 2 aliphatic rings. The third kappa shape index (κ3) is 3.32. The van der Waals surface area contributed by atoms with Gasteiger partial charge in [0.2, 0.25) is 5.91 Å². The maximum absolute atomic E-state index is 12.1. The van der Waals surface area contributed by atoms with Gasteiger partial charge in [-0.05, 0) is 62.3 Å². The lowest BCUT2D eigenvalue weighted by Gasteiger charge is -2.35. The van der Waals surface area contributed by atoms with E-state index in [0.29, 0.717) is 5.92 Å². The van der Waals surface area contributed by atoms with Crippen LogP contribution < -0.4 is 10.1 Å².